The summed E-state index contributed by atoms with van der Waals surface area (Å²) in [7, 11) is 1.39. The van der Waals surface area contributed by atoms with Crippen LogP contribution in [0.2, 0.25) is 0 Å². The van der Waals surface area contributed by atoms with E-state index < -0.39 is 78.2 Å². The molecule has 0 unspecified atom stereocenters. The number of ether oxygens (including phenoxy) is 2. The Hall–Kier alpha value is -8.66. The number of likely N-dealkylation sites (N-methyl/N-ethyl adjacent to an activating group) is 1. The Morgan fingerprint density at radius 1 is 0.707 bits per heavy atom. The molecule has 6 amide bonds. The highest BCUT2D eigenvalue weighted by Crippen LogP contribution is 2.43. The molecule has 2 aliphatic heterocycles. The number of fused-ring (bicyclic) bond motifs is 16. The summed E-state index contributed by atoms with van der Waals surface area (Å²) >= 11 is 7.04. The number of benzene rings is 2. The highest BCUT2D eigenvalue weighted by molar-refractivity contribution is 7.15. The lowest BCUT2D eigenvalue weighted by Gasteiger charge is -2.29. The number of aliphatic hydroxyl groups excluding tert-OH is 2. The smallest absolute Gasteiger partial charge is 0.308 e. The molecule has 9 aromatic rings. The third-order valence-corrected chi connectivity index (χ3v) is 23.5. The number of aryl methyl sites for hydroxylation is 1. The Kier molecular flexibility index (Phi) is 22.2. The zero-order chi connectivity index (χ0) is 69.6. The molecular weight excluding hydrogens is 1380 g/mol. The van der Waals surface area contributed by atoms with Crippen molar-refractivity contribution in [1.82, 2.24) is 66.0 Å². The van der Waals surface area contributed by atoms with Crippen molar-refractivity contribution in [2.75, 3.05) is 46.4 Å². The number of nitrogens with zero attached hydrogens (tertiary/aromatic N) is 9. The summed E-state index contributed by atoms with van der Waals surface area (Å²) in [6, 6.07) is 15.1. The number of esters is 1. The van der Waals surface area contributed by atoms with Gasteiger partial charge in [-0.25, -0.2) is 34.9 Å². The minimum Gasteiger partial charge on any atom is -0.492 e. The lowest BCUT2D eigenvalue weighted by Crippen LogP contribution is -2.50. The van der Waals surface area contributed by atoms with Crippen LogP contribution in [0, 0.1) is 24.7 Å². The molecule has 1 saturated carbocycles. The number of methoxy groups -OCH3 is 1. The number of pyridine rings is 1. The maximum atomic E-state index is 15.5. The fourth-order valence-corrected chi connectivity index (χ4v) is 17.6. The Labute approximate surface area is 593 Å². The van der Waals surface area contributed by atoms with Crippen LogP contribution in [0.15, 0.2) is 93.6 Å². The summed E-state index contributed by atoms with van der Waals surface area (Å²) in [5.41, 5.74) is 9.09. The van der Waals surface area contributed by atoms with Crippen molar-refractivity contribution in [3.05, 3.63) is 147 Å². The molecule has 8 N–H and O–H groups in total. The molecule has 3 aliphatic rings. The maximum absolute atomic E-state index is 15.5. The van der Waals surface area contributed by atoms with Crippen LogP contribution < -0.4 is 31.7 Å². The Bertz CT molecular complexity index is 4410. The zero-order valence-corrected chi connectivity index (χ0v) is 59.4. The average molecular weight is 1450 g/mol. The fourth-order valence-electron chi connectivity index (χ4n) is 12.3. The number of thiazole rings is 6. The van der Waals surface area contributed by atoms with Gasteiger partial charge in [-0.3, -0.25) is 33.6 Å². The number of aliphatic hydroxyl groups is 2. The van der Waals surface area contributed by atoms with Gasteiger partial charge in [0.15, 0.2) is 0 Å². The summed E-state index contributed by atoms with van der Waals surface area (Å²) in [5.74, 6) is -3.79. The first-order chi connectivity index (χ1) is 47.8. The van der Waals surface area contributed by atoms with E-state index in [1.165, 1.54) is 46.5 Å². The Balaban J connectivity index is 0.907. The molecule has 7 aromatic heterocycles. The number of primary amides is 1. The van der Waals surface area contributed by atoms with Gasteiger partial charge in [0.2, 0.25) is 11.8 Å². The summed E-state index contributed by atoms with van der Waals surface area (Å²) in [5, 5.41) is 46.1. The van der Waals surface area contributed by atoms with Gasteiger partial charge in [0.05, 0.1) is 43.3 Å². The number of hydrogen-bond donors (Lipinski definition) is 7. The van der Waals surface area contributed by atoms with Gasteiger partial charge < -0.3 is 56.5 Å². The summed E-state index contributed by atoms with van der Waals surface area (Å²) < 4.78 is 11.0. The molecule has 0 spiro atoms. The average Bonchev–Trinajstić information content (AvgIpc) is 1.65. The SMILES string of the molecule is CCN(CC)CCOc1ccc(C[C@@H]2NC(=O)c3csc(n3)[C@H]([C@H](O)c3ccccc3)NC(=O)c3nc(sc3C)[C@H](CC(N)=O)NC(=O)c3csc(n3)-c3ccc(-c4nc(C(=O)NCC5CCC(C(=O)OC)CC5)cs4)nc3-c3csc(n3)-c3csc(n3)[C@@H]3[C@@H](C)[C@@H](O)CN3C2=O)cc1. The lowest BCUT2D eigenvalue weighted by molar-refractivity contribution is -0.146. The molecule has 9 heterocycles. The third kappa shape index (κ3) is 16.0. The van der Waals surface area contributed by atoms with Crippen molar-refractivity contribution < 1.29 is 53.2 Å². The second-order valence-electron chi connectivity index (χ2n) is 24.4. The van der Waals surface area contributed by atoms with Gasteiger partial charge in [-0.2, -0.15) is 0 Å². The van der Waals surface area contributed by atoms with E-state index in [4.69, 9.17) is 45.1 Å². The molecular formula is C68H72N14O11S6. The molecule has 2 fully saturated rings. The molecule has 10 bridgehead atoms. The normalized spacial score (nSPS) is 20.9. The van der Waals surface area contributed by atoms with Crippen LogP contribution in [-0.4, -0.2) is 155 Å². The van der Waals surface area contributed by atoms with Crippen LogP contribution in [0.3, 0.4) is 0 Å². The Morgan fingerprint density at radius 2 is 1.36 bits per heavy atom. The molecule has 1 aliphatic carbocycles. The largest absolute Gasteiger partial charge is 0.492 e. The van der Waals surface area contributed by atoms with E-state index in [0.717, 1.165) is 66.5 Å². The van der Waals surface area contributed by atoms with Gasteiger partial charge in [0.1, 0.15) is 100 Å². The van der Waals surface area contributed by atoms with E-state index >= 15 is 4.79 Å². The molecule has 1 saturated heterocycles. The minimum absolute atomic E-state index is 0.0174. The van der Waals surface area contributed by atoms with E-state index in [1.54, 1.807) is 65.0 Å². The molecule has 2 aromatic carbocycles. The quantitative estimate of drug-likeness (QED) is 0.0418. The van der Waals surface area contributed by atoms with Crippen LogP contribution in [-0.2, 0) is 25.5 Å². The number of aromatic nitrogens is 7. The van der Waals surface area contributed by atoms with Crippen molar-refractivity contribution in [3.8, 4) is 49.1 Å². The van der Waals surface area contributed by atoms with Crippen LogP contribution in [0.5, 0.6) is 5.75 Å². The second-order valence-corrected chi connectivity index (χ2v) is 30.0. The van der Waals surface area contributed by atoms with Crippen LogP contribution in [0.25, 0.3) is 43.4 Å². The van der Waals surface area contributed by atoms with Gasteiger partial charge in [-0.1, -0.05) is 63.2 Å². The summed E-state index contributed by atoms with van der Waals surface area (Å²) in [6.45, 7) is 11.0. The maximum Gasteiger partial charge on any atom is 0.308 e. The predicted molar refractivity (Wildman–Crippen MR) is 377 cm³/mol. The number of nitrogens with one attached hydrogen (secondary N) is 4. The number of carbonyl (C=O) groups is 7. The summed E-state index contributed by atoms with van der Waals surface area (Å²) in [4.78, 5) is 136. The molecule has 7 atom stereocenters. The second kappa shape index (κ2) is 31.3. The van der Waals surface area contributed by atoms with Crippen LogP contribution >= 0.6 is 68.0 Å². The van der Waals surface area contributed by atoms with E-state index in [1.807, 2.05) is 41.9 Å². The highest BCUT2D eigenvalue weighted by Gasteiger charge is 2.46. The van der Waals surface area contributed by atoms with E-state index in [2.05, 4.69) is 45.0 Å². The van der Waals surface area contributed by atoms with Crippen molar-refractivity contribution in [2.45, 2.75) is 103 Å². The van der Waals surface area contributed by atoms with Gasteiger partial charge in [-0.05, 0) is 87.0 Å². The standard InChI is InChI=1S/C68H72N14O11S6/c1-6-81(7-2)23-24-93-40-19-15-36(16-20-40)25-44-67(90)82-28-50(83)34(3)55(82)66-78-49(33-98-66)63-74-45(29-95-63)53-41(21-22-42(71-53)62-76-46(30-96-62)57(86)70-27-37-13-17-39(18-14-37)68(91)92-5)61-75-47(31-94-61)58(87)72-43(26-51(69)84)64-80-52(35(4)99-64)60(89)79-54(56(85)38-11-9-8-10-12-38)65-77-48(32-97-65)59(88)73-44/h8-12,15-16,19-22,29-34,37,39,43-44,50,54-56,83,85H,6-7,13-14,17-18,23-28H2,1-5H3,(H2,69,84)(H,70,86)(H,72,87)(H,73,88)(H,79,89)/t34-,37?,39?,43-,44-,50-,54-,55-,56+/m0/s1. The van der Waals surface area contributed by atoms with Crippen LogP contribution in [0.1, 0.15) is 150 Å². The topological polar surface area (TPSA) is 349 Å². The van der Waals surface area contributed by atoms with Gasteiger partial charge >= 0.3 is 5.97 Å². The first-order valence-corrected chi connectivity index (χ1v) is 37.5. The fraction of sp³-hybridized carbons (Fsp3) is 0.382. The molecule has 99 heavy (non-hydrogen) atoms. The number of nitrogens with two attached hydrogens (primary N) is 1. The molecule has 516 valence electrons. The van der Waals surface area contributed by atoms with E-state index in [0.29, 0.717) is 96.1 Å². The van der Waals surface area contributed by atoms with Gasteiger partial charge in [0.25, 0.3) is 23.6 Å². The zero-order valence-electron chi connectivity index (χ0n) is 54.5. The third-order valence-electron chi connectivity index (χ3n) is 17.9. The number of amides is 6. The van der Waals surface area contributed by atoms with Crippen molar-refractivity contribution in [1.29, 1.82) is 0 Å². The predicted octanol–water partition coefficient (Wildman–Crippen LogP) is 9.01. The number of hydrogen-bond acceptors (Lipinski definition) is 25. The lowest BCUT2D eigenvalue weighted by atomic mass is 9.82. The van der Waals surface area contributed by atoms with E-state index in [-0.39, 0.29) is 69.5 Å². The van der Waals surface area contributed by atoms with E-state index in [9.17, 15) is 39.0 Å². The van der Waals surface area contributed by atoms with Gasteiger partial charge in [0, 0.05) is 69.3 Å². The first-order valence-electron chi connectivity index (χ1n) is 32.3. The van der Waals surface area contributed by atoms with Crippen molar-refractivity contribution in [3.63, 3.8) is 0 Å². The number of rotatable bonds is 17. The molecule has 31 heteroatoms. The molecule has 0 radical (unpaired) electrons. The molecule has 25 nitrogen and oxygen atoms in total. The van der Waals surface area contributed by atoms with Crippen molar-refractivity contribution in [2.24, 2.45) is 23.5 Å². The van der Waals surface area contributed by atoms with Gasteiger partial charge in [-0.15, -0.1) is 68.0 Å². The summed E-state index contributed by atoms with van der Waals surface area (Å²) in [6.07, 6.45) is 0.164. The minimum atomic E-state index is -1.41. The first kappa shape index (κ1) is 70.2. The Morgan fingerprint density at radius 3 is 2.10 bits per heavy atom. The van der Waals surface area contributed by atoms with Crippen molar-refractivity contribution >= 4 is 109 Å². The molecule has 12 rings (SSSR count). The highest BCUT2D eigenvalue weighted by atomic mass is 32.1. The monoisotopic (exact) mass is 1450 g/mol. The van der Waals surface area contributed by atoms with Crippen LogP contribution in [0.4, 0.5) is 0 Å². The number of carbonyl (C=O) groups excluding carboxylic acids is 7.